The second-order valence-electron chi connectivity index (χ2n) is 10.3. The van der Waals surface area contributed by atoms with Crippen LogP contribution in [0.5, 0.6) is 0 Å². The third kappa shape index (κ3) is 4.79. The monoisotopic (exact) mass is 430 g/mol. The fourth-order valence-electron chi connectivity index (χ4n) is 5.84. The van der Waals surface area contributed by atoms with E-state index >= 15 is 0 Å². The lowest BCUT2D eigenvalue weighted by molar-refractivity contribution is 0.00516. The molecule has 1 unspecified atom stereocenters. The van der Waals surface area contributed by atoms with Gasteiger partial charge in [0.05, 0.1) is 19.3 Å². The lowest BCUT2D eigenvalue weighted by Gasteiger charge is -2.37. The molecular weight excluding hydrogens is 392 g/mol. The Morgan fingerprint density at radius 3 is 2.03 bits per heavy atom. The molecule has 2 aliphatic heterocycles. The molecule has 2 fully saturated rings. The molecule has 0 aromatic heterocycles. The largest absolute Gasteiger partial charge is 0.379 e. The van der Waals surface area contributed by atoms with E-state index in [1.54, 1.807) is 0 Å². The van der Waals surface area contributed by atoms with Crippen molar-refractivity contribution in [2.45, 2.75) is 57.9 Å². The molecule has 3 heteroatoms. The van der Waals surface area contributed by atoms with E-state index < -0.39 is 0 Å². The van der Waals surface area contributed by atoms with Gasteiger partial charge < -0.3 is 9.64 Å². The van der Waals surface area contributed by atoms with Crippen molar-refractivity contribution in [2.24, 2.45) is 5.41 Å². The molecule has 1 aliphatic carbocycles. The molecule has 0 bridgehead atoms. The first-order valence-corrected chi connectivity index (χ1v) is 12.7. The van der Waals surface area contributed by atoms with Gasteiger partial charge in [-0.15, -0.1) is 0 Å². The van der Waals surface area contributed by atoms with Gasteiger partial charge in [0.1, 0.15) is 0 Å². The van der Waals surface area contributed by atoms with Crippen molar-refractivity contribution in [1.82, 2.24) is 4.90 Å². The predicted molar refractivity (Wildman–Crippen MR) is 135 cm³/mol. The number of fused-ring (bicyclic) bond motifs is 2. The Labute approximate surface area is 194 Å². The molecule has 3 aliphatic rings. The highest BCUT2D eigenvalue weighted by Crippen LogP contribution is 2.38. The van der Waals surface area contributed by atoms with Crippen LogP contribution in [-0.4, -0.2) is 43.8 Å². The van der Waals surface area contributed by atoms with Crippen molar-refractivity contribution < 1.29 is 4.74 Å². The van der Waals surface area contributed by atoms with E-state index in [9.17, 15) is 0 Å². The number of nitrogens with zero attached hydrogens (tertiary/aromatic N) is 2. The Balaban J connectivity index is 1.37. The number of rotatable bonds is 7. The minimum atomic E-state index is 0.375. The van der Waals surface area contributed by atoms with Gasteiger partial charge in [0.25, 0.3) is 0 Å². The van der Waals surface area contributed by atoms with E-state index in [2.05, 4.69) is 77.4 Å². The zero-order valence-electron chi connectivity index (χ0n) is 19.6. The molecular formula is C29H38N2O. The van der Waals surface area contributed by atoms with Crippen molar-refractivity contribution >= 4 is 23.5 Å². The van der Waals surface area contributed by atoms with Gasteiger partial charge in [0.2, 0.25) is 0 Å². The fraction of sp³-hybridized carbons (Fsp3) is 0.517. The van der Waals surface area contributed by atoms with E-state index in [-0.39, 0.29) is 0 Å². The lowest BCUT2D eigenvalue weighted by atomic mass is 9.76. The van der Waals surface area contributed by atoms with Crippen molar-refractivity contribution in [1.29, 1.82) is 0 Å². The molecule has 0 N–H and O–H groups in total. The molecule has 1 saturated carbocycles. The van der Waals surface area contributed by atoms with Crippen molar-refractivity contribution in [3.05, 3.63) is 59.7 Å². The minimum absolute atomic E-state index is 0.375. The van der Waals surface area contributed by atoms with E-state index in [0.717, 1.165) is 19.8 Å². The highest BCUT2D eigenvalue weighted by atomic mass is 16.5. The first-order chi connectivity index (χ1) is 15.7. The van der Waals surface area contributed by atoms with E-state index in [4.69, 9.17) is 4.74 Å². The van der Waals surface area contributed by atoms with Gasteiger partial charge in [-0.05, 0) is 67.4 Å². The number of hydrogen-bond donors (Lipinski definition) is 0. The van der Waals surface area contributed by atoms with Crippen LogP contribution in [0.15, 0.2) is 48.5 Å². The Morgan fingerprint density at radius 2 is 1.41 bits per heavy atom. The van der Waals surface area contributed by atoms with Crippen molar-refractivity contribution in [2.75, 3.05) is 37.7 Å². The van der Waals surface area contributed by atoms with Crippen molar-refractivity contribution in [3.8, 4) is 0 Å². The van der Waals surface area contributed by atoms with Crippen LogP contribution in [0.3, 0.4) is 0 Å². The maximum atomic E-state index is 6.52. The molecule has 2 heterocycles. The number of ether oxygens (including phenoxy) is 1. The van der Waals surface area contributed by atoms with Crippen LogP contribution in [0.1, 0.15) is 63.0 Å². The predicted octanol–water partition coefficient (Wildman–Crippen LogP) is 6.76. The molecule has 32 heavy (non-hydrogen) atoms. The molecule has 0 spiro atoms. The number of hydrogen-bond acceptors (Lipinski definition) is 3. The summed E-state index contributed by atoms with van der Waals surface area (Å²) in [4.78, 5) is 5.21. The molecule has 1 saturated heterocycles. The third-order valence-electron chi connectivity index (χ3n) is 7.77. The summed E-state index contributed by atoms with van der Waals surface area (Å²) in [5.41, 5.74) is 5.56. The van der Waals surface area contributed by atoms with Gasteiger partial charge in [-0.2, -0.15) is 0 Å². The third-order valence-corrected chi connectivity index (χ3v) is 7.77. The quantitative estimate of drug-likeness (QED) is 0.483. The summed E-state index contributed by atoms with van der Waals surface area (Å²) in [6.07, 6.45) is 13.9. The highest BCUT2D eigenvalue weighted by Gasteiger charge is 2.30. The van der Waals surface area contributed by atoms with Crippen LogP contribution >= 0.6 is 0 Å². The van der Waals surface area contributed by atoms with Gasteiger partial charge >= 0.3 is 0 Å². The summed E-state index contributed by atoms with van der Waals surface area (Å²) in [5.74, 6) is 0. The van der Waals surface area contributed by atoms with Crippen LogP contribution in [0.4, 0.5) is 11.4 Å². The Kier molecular flexibility index (Phi) is 6.66. The summed E-state index contributed by atoms with van der Waals surface area (Å²) in [6, 6.07) is 18.0. The van der Waals surface area contributed by atoms with E-state index in [0.29, 0.717) is 11.5 Å². The van der Waals surface area contributed by atoms with E-state index in [1.807, 2.05) is 0 Å². The Bertz CT molecular complexity index is 875. The minimum Gasteiger partial charge on any atom is -0.379 e. The maximum Gasteiger partial charge on any atom is 0.0639 e. The SMILES string of the molecule is CC1(COCC(CN2c3ccccc3C=Cc3ccccc32)N2CCCC2)CCCCC1. The first-order valence-electron chi connectivity index (χ1n) is 12.7. The average molecular weight is 431 g/mol. The molecule has 5 rings (SSSR count). The second kappa shape index (κ2) is 9.80. The standard InChI is InChI=1S/C29H38N2O/c1-29(17-7-2-8-18-29)23-32-22-26(30-19-9-10-20-30)21-31-27-13-5-3-11-24(27)15-16-25-12-4-6-14-28(25)31/h3-6,11-16,26H,2,7-10,17-23H2,1H3. The zero-order chi connectivity index (χ0) is 21.8. The zero-order valence-corrected chi connectivity index (χ0v) is 19.6. The van der Waals surface area contributed by atoms with Crippen LogP contribution < -0.4 is 4.90 Å². The molecule has 1 atom stereocenters. The molecule has 2 aromatic rings. The maximum absolute atomic E-state index is 6.52. The lowest BCUT2D eigenvalue weighted by Crippen LogP contribution is -2.45. The summed E-state index contributed by atoms with van der Waals surface area (Å²) in [6.45, 7) is 7.52. The fourth-order valence-corrected chi connectivity index (χ4v) is 5.84. The molecule has 2 aromatic carbocycles. The van der Waals surface area contributed by atoms with Crippen LogP contribution in [0.25, 0.3) is 12.2 Å². The van der Waals surface area contributed by atoms with Crippen LogP contribution in [-0.2, 0) is 4.74 Å². The summed E-state index contributed by atoms with van der Waals surface area (Å²) in [7, 11) is 0. The molecule has 170 valence electrons. The van der Waals surface area contributed by atoms with Crippen molar-refractivity contribution in [3.63, 3.8) is 0 Å². The van der Waals surface area contributed by atoms with Crippen LogP contribution in [0.2, 0.25) is 0 Å². The summed E-state index contributed by atoms with van der Waals surface area (Å²) < 4.78 is 6.52. The molecule has 0 amide bonds. The molecule has 3 nitrogen and oxygen atoms in total. The highest BCUT2D eigenvalue weighted by molar-refractivity contribution is 5.88. The Hall–Kier alpha value is -2.10. The normalized spacial score (nSPS) is 21.1. The topological polar surface area (TPSA) is 15.7 Å². The Morgan fingerprint density at radius 1 is 0.812 bits per heavy atom. The van der Waals surface area contributed by atoms with Gasteiger partial charge in [-0.25, -0.2) is 0 Å². The van der Waals surface area contributed by atoms with Gasteiger partial charge in [-0.1, -0.05) is 74.7 Å². The number of benzene rings is 2. The van der Waals surface area contributed by atoms with Gasteiger partial charge in [0.15, 0.2) is 0 Å². The first kappa shape index (κ1) is 21.7. The summed E-state index contributed by atoms with van der Waals surface area (Å²) in [5, 5.41) is 0. The summed E-state index contributed by atoms with van der Waals surface area (Å²) >= 11 is 0. The van der Waals surface area contributed by atoms with E-state index in [1.165, 1.54) is 80.5 Å². The molecule has 0 radical (unpaired) electrons. The second-order valence-corrected chi connectivity index (χ2v) is 10.3. The van der Waals surface area contributed by atoms with Crippen LogP contribution in [0, 0.1) is 5.41 Å². The number of para-hydroxylation sites is 2. The average Bonchev–Trinajstić information content (AvgIpc) is 3.31. The van der Waals surface area contributed by atoms with Gasteiger partial charge in [0, 0.05) is 17.9 Å². The van der Waals surface area contributed by atoms with Gasteiger partial charge in [-0.3, -0.25) is 4.90 Å². The smallest absolute Gasteiger partial charge is 0.0639 e. The number of anilines is 2. The number of likely N-dealkylation sites (tertiary alicyclic amines) is 1.